The van der Waals surface area contributed by atoms with Crippen LogP contribution in [-0.4, -0.2) is 52.8 Å². The highest BCUT2D eigenvalue weighted by Gasteiger charge is 2.22. The first-order valence-corrected chi connectivity index (χ1v) is 7.35. The van der Waals surface area contributed by atoms with Crippen molar-refractivity contribution in [1.82, 2.24) is 25.3 Å². The number of nitrogens with one attached hydrogen (secondary N) is 2. The summed E-state index contributed by atoms with van der Waals surface area (Å²) in [5.41, 5.74) is 2.17. The first-order valence-electron chi connectivity index (χ1n) is 7.35. The van der Waals surface area contributed by atoms with Gasteiger partial charge < -0.3 is 10.6 Å². The molecule has 1 aromatic rings. The number of carbonyl (C=O) groups excluding carboxylic acids is 1. The fraction of sp³-hybridized carbons (Fsp3) is 0.714. The van der Waals surface area contributed by atoms with Crippen molar-refractivity contribution in [3.63, 3.8) is 0 Å². The zero-order valence-corrected chi connectivity index (χ0v) is 12.6. The average Bonchev–Trinajstić information content (AvgIpc) is 2.85. The Balaban J connectivity index is 1.87. The van der Waals surface area contributed by atoms with Crippen LogP contribution in [0, 0.1) is 0 Å². The SMILES string of the molecule is CCc1nn(C)cc1CNC(=O)C(C)N1CCNCC1. The average molecular weight is 279 g/mol. The Morgan fingerprint density at radius 1 is 1.50 bits per heavy atom. The predicted octanol–water partition coefficient (Wildman–Crippen LogP) is -0.108. The van der Waals surface area contributed by atoms with E-state index in [0.29, 0.717) is 6.54 Å². The van der Waals surface area contributed by atoms with Gasteiger partial charge in [0.2, 0.25) is 5.91 Å². The van der Waals surface area contributed by atoms with Crippen LogP contribution in [0.1, 0.15) is 25.1 Å². The molecule has 6 heteroatoms. The Morgan fingerprint density at radius 2 is 2.20 bits per heavy atom. The summed E-state index contributed by atoms with van der Waals surface area (Å²) in [6.07, 6.45) is 2.87. The lowest BCUT2D eigenvalue weighted by Gasteiger charge is -2.31. The third-order valence-electron chi connectivity index (χ3n) is 3.86. The van der Waals surface area contributed by atoms with E-state index in [2.05, 4.69) is 27.6 Å². The van der Waals surface area contributed by atoms with Crippen molar-refractivity contribution in [1.29, 1.82) is 0 Å². The van der Waals surface area contributed by atoms with Crippen LogP contribution in [0.25, 0.3) is 0 Å². The van der Waals surface area contributed by atoms with E-state index in [1.54, 1.807) is 4.68 Å². The van der Waals surface area contributed by atoms with E-state index < -0.39 is 0 Å². The molecule has 0 saturated carbocycles. The first kappa shape index (κ1) is 15.0. The predicted molar refractivity (Wildman–Crippen MR) is 78.3 cm³/mol. The fourth-order valence-corrected chi connectivity index (χ4v) is 2.59. The second kappa shape index (κ2) is 6.85. The molecule has 0 aliphatic carbocycles. The largest absolute Gasteiger partial charge is 0.351 e. The molecule has 2 heterocycles. The van der Waals surface area contributed by atoms with Crippen molar-refractivity contribution in [2.75, 3.05) is 26.2 Å². The molecule has 2 N–H and O–H groups in total. The second-order valence-electron chi connectivity index (χ2n) is 5.31. The molecule has 1 amide bonds. The van der Waals surface area contributed by atoms with Crippen LogP contribution in [0.15, 0.2) is 6.20 Å². The van der Waals surface area contributed by atoms with Gasteiger partial charge in [-0.15, -0.1) is 0 Å². The van der Waals surface area contributed by atoms with Crippen LogP contribution in [0.4, 0.5) is 0 Å². The maximum absolute atomic E-state index is 12.2. The number of aryl methyl sites for hydroxylation is 2. The van der Waals surface area contributed by atoms with Crippen molar-refractivity contribution >= 4 is 5.91 Å². The Bertz CT molecular complexity index is 450. The highest BCUT2D eigenvalue weighted by Crippen LogP contribution is 2.07. The highest BCUT2D eigenvalue weighted by molar-refractivity contribution is 5.81. The minimum Gasteiger partial charge on any atom is -0.351 e. The first-order chi connectivity index (χ1) is 9.61. The number of nitrogens with zero attached hydrogens (tertiary/aromatic N) is 3. The summed E-state index contributed by atoms with van der Waals surface area (Å²) in [5, 5.41) is 10.7. The zero-order valence-electron chi connectivity index (χ0n) is 12.6. The van der Waals surface area contributed by atoms with Crippen LogP contribution in [0.3, 0.4) is 0 Å². The van der Waals surface area contributed by atoms with Crippen LogP contribution < -0.4 is 10.6 Å². The van der Waals surface area contributed by atoms with Gasteiger partial charge in [0.15, 0.2) is 0 Å². The zero-order chi connectivity index (χ0) is 14.5. The van der Waals surface area contributed by atoms with Crippen LogP contribution >= 0.6 is 0 Å². The van der Waals surface area contributed by atoms with Crippen molar-refractivity contribution in [2.45, 2.75) is 32.9 Å². The highest BCUT2D eigenvalue weighted by atomic mass is 16.2. The summed E-state index contributed by atoms with van der Waals surface area (Å²) in [4.78, 5) is 14.4. The molecule has 6 nitrogen and oxygen atoms in total. The van der Waals surface area contributed by atoms with Gasteiger partial charge in [-0.25, -0.2) is 0 Å². The lowest BCUT2D eigenvalue weighted by Crippen LogP contribution is -2.52. The monoisotopic (exact) mass is 279 g/mol. The number of carbonyl (C=O) groups is 1. The van der Waals surface area contributed by atoms with E-state index >= 15 is 0 Å². The van der Waals surface area contributed by atoms with Crippen LogP contribution in [-0.2, 0) is 24.8 Å². The van der Waals surface area contributed by atoms with E-state index in [0.717, 1.165) is 43.9 Å². The van der Waals surface area contributed by atoms with E-state index in [1.165, 1.54) is 0 Å². The number of aromatic nitrogens is 2. The molecule has 112 valence electrons. The molecule has 1 aliphatic heterocycles. The quantitative estimate of drug-likeness (QED) is 0.790. The Labute approximate surface area is 120 Å². The molecule has 20 heavy (non-hydrogen) atoms. The molecule has 1 saturated heterocycles. The normalized spacial score (nSPS) is 17.9. The topological polar surface area (TPSA) is 62.2 Å². The number of hydrogen-bond acceptors (Lipinski definition) is 4. The molecule has 2 rings (SSSR count). The minimum atomic E-state index is -0.0705. The van der Waals surface area contributed by atoms with Gasteiger partial charge in [0.25, 0.3) is 0 Å². The molecule has 1 atom stereocenters. The number of rotatable bonds is 5. The number of piperazine rings is 1. The van der Waals surface area contributed by atoms with E-state index in [4.69, 9.17) is 0 Å². The number of hydrogen-bond donors (Lipinski definition) is 2. The van der Waals surface area contributed by atoms with E-state index in [1.807, 2.05) is 20.2 Å². The third kappa shape index (κ3) is 3.58. The van der Waals surface area contributed by atoms with Crippen LogP contribution in [0.5, 0.6) is 0 Å². The van der Waals surface area contributed by atoms with Crippen molar-refractivity contribution in [3.05, 3.63) is 17.5 Å². The van der Waals surface area contributed by atoms with Crippen molar-refractivity contribution in [3.8, 4) is 0 Å². The lowest BCUT2D eigenvalue weighted by atomic mass is 10.2. The van der Waals surface area contributed by atoms with Crippen molar-refractivity contribution < 1.29 is 4.79 Å². The van der Waals surface area contributed by atoms with Gasteiger partial charge in [-0.05, 0) is 13.3 Å². The number of amides is 1. The summed E-state index contributed by atoms with van der Waals surface area (Å²) < 4.78 is 1.81. The van der Waals surface area contributed by atoms with Gasteiger partial charge in [0.05, 0.1) is 11.7 Å². The van der Waals surface area contributed by atoms with Gasteiger partial charge in [-0.2, -0.15) is 5.10 Å². The van der Waals surface area contributed by atoms with Gasteiger partial charge in [0.1, 0.15) is 0 Å². The summed E-state index contributed by atoms with van der Waals surface area (Å²) in [7, 11) is 1.91. The Hall–Kier alpha value is -1.40. The van der Waals surface area contributed by atoms with E-state index in [-0.39, 0.29) is 11.9 Å². The molecule has 0 radical (unpaired) electrons. The van der Waals surface area contributed by atoms with Gasteiger partial charge in [-0.3, -0.25) is 14.4 Å². The second-order valence-corrected chi connectivity index (χ2v) is 5.31. The molecule has 1 unspecified atom stereocenters. The standard InChI is InChI=1S/C14H25N5O/c1-4-13-12(10-18(3)17-13)9-16-14(20)11(2)19-7-5-15-6-8-19/h10-11,15H,4-9H2,1-3H3,(H,16,20). The lowest BCUT2D eigenvalue weighted by molar-refractivity contribution is -0.126. The smallest absolute Gasteiger partial charge is 0.237 e. The molecule has 0 aromatic carbocycles. The third-order valence-corrected chi connectivity index (χ3v) is 3.86. The van der Waals surface area contributed by atoms with Gasteiger partial charge in [0, 0.05) is 51.5 Å². The summed E-state index contributed by atoms with van der Waals surface area (Å²) in [6.45, 7) is 8.40. The molecule has 0 bridgehead atoms. The Morgan fingerprint density at radius 3 is 2.85 bits per heavy atom. The van der Waals surface area contributed by atoms with E-state index in [9.17, 15) is 4.79 Å². The minimum absolute atomic E-state index is 0.0705. The molecular formula is C14H25N5O. The summed E-state index contributed by atoms with van der Waals surface area (Å²) in [6, 6.07) is -0.0705. The summed E-state index contributed by atoms with van der Waals surface area (Å²) >= 11 is 0. The maximum atomic E-state index is 12.2. The molecule has 1 aliphatic rings. The van der Waals surface area contributed by atoms with Crippen molar-refractivity contribution in [2.24, 2.45) is 7.05 Å². The molecular weight excluding hydrogens is 254 g/mol. The van der Waals surface area contributed by atoms with Crippen LogP contribution in [0.2, 0.25) is 0 Å². The fourth-order valence-electron chi connectivity index (χ4n) is 2.59. The van der Waals surface area contributed by atoms with Gasteiger partial charge in [-0.1, -0.05) is 6.92 Å². The molecule has 1 aromatic heterocycles. The Kier molecular flexibility index (Phi) is 5.14. The summed E-state index contributed by atoms with van der Waals surface area (Å²) in [5.74, 6) is 0.0952. The van der Waals surface area contributed by atoms with Gasteiger partial charge >= 0.3 is 0 Å². The molecule has 0 spiro atoms. The molecule has 1 fully saturated rings. The maximum Gasteiger partial charge on any atom is 0.237 e.